The van der Waals surface area contributed by atoms with Crippen LogP contribution in [-0.4, -0.2) is 19.7 Å². The molecule has 0 saturated heterocycles. The number of carbonyl (C=O) groups excluding carboxylic acids is 1. The number of rotatable bonds is 4. The molecule has 0 saturated carbocycles. The lowest BCUT2D eigenvalue weighted by molar-refractivity contribution is -0.152. The minimum absolute atomic E-state index is 0.120. The van der Waals surface area contributed by atoms with Crippen LogP contribution in [0.1, 0.15) is 45.7 Å². The molecule has 0 spiro atoms. The largest absolute Gasteiger partial charge is 0.492 e. The minimum atomic E-state index is -0.649. The summed E-state index contributed by atoms with van der Waals surface area (Å²) in [6, 6.07) is 6.19. The third-order valence-electron chi connectivity index (χ3n) is 3.37. The summed E-state index contributed by atoms with van der Waals surface area (Å²) < 4.78 is 10.6. The first-order valence-corrected chi connectivity index (χ1v) is 6.90. The molecule has 0 atom stereocenters. The molecule has 0 aromatic heterocycles. The molecule has 1 rings (SSSR count). The maximum atomic E-state index is 11.6. The standard InChI is InChI=1S/C17H26O3/c1-12-10-13(16(2,3)4)8-9-14(12)20-11-17(5,6)15(18)19-7/h8-10H,11H2,1-7H3. The van der Waals surface area contributed by atoms with Crippen molar-refractivity contribution in [2.45, 2.75) is 47.0 Å². The molecule has 0 fully saturated rings. The van der Waals surface area contributed by atoms with Gasteiger partial charge in [0.15, 0.2) is 0 Å². The van der Waals surface area contributed by atoms with Crippen LogP contribution >= 0.6 is 0 Å². The normalized spacial score (nSPS) is 12.2. The lowest BCUT2D eigenvalue weighted by Crippen LogP contribution is -2.32. The molecule has 0 amide bonds. The molecular formula is C17H26O3. The number of aryl methyl sites for hydroxylation is 1. The SMILES string of the molecule is COC(=O)C(C)(C)COc1ccc(C(C)(C)C)cc1C. The van der Waals surface area contributed by atoms with E-state index in [0.29, 0.717) is 6.61 Å². The quantitative estimate of drug-likeness (QED) is 0.784. The van der Waals surface area contributed by atoms with Crippen LogP contribution in [0.5, 0.6) is 5.75 Å². The van der Waals surface area contributed by atoms with Crippen molar-refractivity contribution in [2.24, 2.45) is 5.41 Å². The molecule has 112 valence electrons. The monoisotopic (exact) mass is 278 g/mol. The lowest BCUT2D eigenvalue weighted by Gasteiger charge is -2.24. The zero-order valence-electron chi connectivity index (χ0n) is 13.7. The Morgan fingerprint density at radius 3 is 2.20 bits per heavy atom. The molecule has 0 heterocycles. The number of ether oxygens (including phenoxy) is 2. The molecule has 0 unspecified atom stereocenters. The van der Waals surface area contributed by atoms with Gasteiger partial charge in [0.05, 0.1) is 12.5 Å². The number of hydrogen-bond acceptors (Lipinski definition) is 3. The first kappa shape index (κ1) is 16.5. The van der Waals surface area contributed by atoms with Gasteiger partial charge in [-0.2, -0.15) is 0 Å². The zero-order valence-corrected chi connectivity index (χ0v) is 13.7. The van der Waals surface area contributed by atoms with E-state index in [0.717, 1.165) is 11.3 Å². The molecule has 1 aromatic rings. The van der Waals surface area contributed by atoms with Crippen LogP contribution < -0.4 is 4.74 Å². The number of hydrogen-bond donors (Lipinski definition) is 0. The minimum Gasteiger partial charge on any atom is -0.492 e. The van der Waals surface area contributed by atoms with Crippen molar-refractivity contribution in [2.75, 3.05) is 13.7 Å². The van der Waals surface area contributed by atoms with Crippen LogP contribution in [0.15, 0.2) is 18.2 Å². The highest BCUT2D eigenvalue weighted by molar-refractivity contribution is 5.75. The first-order valence-electron chi connectivity index (χ1n) is 6.90. The zero-order chi connectivity index (χ0) is 15.6. The van der Waals surface area contributed by atoms with Gasteiger partial charge in [0.25, 0.3) is 0 Å². The summed E-state index contributed by atoms with van der Waals surface area (Å²) in [7, 11) is 1.40. The van der Waals surface area contributed by atoms with Crippen molar-refractivity contribution >= 4 is 5.97 Å². The fraction of sp³-hybridized carbons (Fsp3) is 0.588. The Kier molecular flexibility index (Phi) is 4.85. The molecule has 0 aliphatic carbocycles. The molecule has 0 N–H and O–H groups in total. The van der Waals surface area contributed by atoms with Crippen molar-refractivity contribution in [1.82, 2.24) is 0 Å². The maximum absolute atomic E-state index is 11.6. The Bertz CT molecular complexity index is 481. The van der Waals surface area contributed by atoms with E-state index >= 15 is 0 Å². The fourth-order valence-electron chi connectivity index (χ4n) is 1.87. The second-order valence-corrected chi connectivity index (χ2v) is 6.89. The summed E-state index contributed by atoms with van der Waals surface area (Å²) in [6.07, 6.45) is 0. The molecule has 0 bridgehead atoms. The Balaban J connectivity index is 2.83. The summed E-state index contributed by atoms with van der Waals surface area (Å²) in [4.78, 5) is 11.6. The predicted molar refractivity (Wildman–Crippen MR) is 81.2 cm³/mol. The van der Waals surface area contributed by atoms with Crippen LogP contribution in [0, 0.1) is 12.3 Å². The average Bonchev–Trinajstić information content (AvgIpc) is 2.35. The van der Waals surface area contributed by atoms with Crippen molar-refractivity contribution in [3.05, 3.63) is 29.3 Å². The topological polar surface area (TPSA) is 35.5 Å². The van der Waals surface area contributed by atoms with Gasteiger partial charge in [0.1, 0.15) is 12.4 Å². The van der Waals surface area contributed by atoms with Gasteiger partial charge in [-0.05, 0) is 43.4 Å². The summed E-state index contributed by atoms with van der Waals surface area (Å²) >= 11 is 0. The van der Waals surface area contributed by atoms with Gasteiger partial charge < -0.3 is 9.47 Å². The van der Waals surface area contributed by atoms with E-state index in [9.17, 15) is 4.79 Å². The predicted octanol–water partition coefficient (Wildman–Crippen LogP) is 3.87. The van der Waals surface area contributed by atoms with Gasteiger partial charge in [-0.1, -0.05) is 32.9 Å². The van der Waals surface area contributed by atoms with Crippen LogP contribution in [0.2, 0.25) is 0 Å². The van der Waals surface area contributed by atoms with E-state index in [-0.39, 0.29) is 11.4 Å². The molecule has 3 nitrogen and oxygen atoms in total. The van der Waals surface area contributed by atoms with E-state index in [1.165, 1.54) is 12.7 Å². The van der Waals surface area contributed by atoms with Crippen molar-refractivity contribution in [3.63, 3.8) is 0 Å². The van der Waals surface area contributed by atoms with Gasteiger partial charge in [-0.3, -0.25) is 4.79 Å². The Labute approximate surface area is 122 Å². The molecule has 20 heavy (non-hydrogen) atoms. The molecule has 0 aliphatic rings. The van der Waals surface area contributed by atoms with Crippen molar-refractivity contribution in [1.29, 1.82) is 0 Å². The van der Waals surface area contributed by atoms with Gasteiger partial charge in [0.2, 0.25) is 0 Å². The second-order valence-electron chi connectivity index (χ2n) is 6.89. The van der Waals surface area contributed by atoms with E-state index in [1.54, 1.807) is 0 Å². The van der Waals surface area contributed by atoms with Gasteiger partial charge >= 0.3 is 5.97 Å². The van der Waals surface area contributed by atoms with Gasteiger partial charge in [-0.15, -0.1) is 0 Å². The van der Waals surface area contributed by atoms with Crippen molar-refractivity contribution in [3.8, 4) is 5.75 Å². The van der Waals surface area contributed by atoms with Crippen LogP contribution in [0.4, 0.5) is 0 Å². The molecule has 3 heteroatoms. The van der Waals surface area contributed by atoms with Gasteiger partial charge in [0, 0.05) is 0 Å². The fourth-order valence-corrected chi connectivity index (χ4v) is 1.87. The van der Waals surface area contributed by atoms with E-state index in [2.05, 4.69) is 32.9 Å². The van der Waals surface area contributed by atoms with E-state index < -0.39 is 5.41 Å². The maximum Gasteiger partial charge on any atom is 0.314 e. The number of esters is 1. The number of methoxy groups -OCH3 is 1. The van der Waals surface area contributed by atoms with E-state index in [1.807, 2.05) is 26.8 Å². The summed E-state index contributed by atoms with van der Waals surface area (Å²) in [6.45, 7) is 12.5. The Morgan fingerprint density at radius 2 is 1.75 bits per heavy atom. The van der Waals surface area contributed by atoms with Crippen LogP contribution in [0.3, 0.4) is 0 Å². The Hall–Kier alpha value is -1.51. The summed E-state index contributed by atoms with van der Waals surface area (Å²) in [5, 5.41) is 0. The molecular weight excluding hydrogens is 252 g/mol. The third kappa shape index (κ3) is 3.99. The van der Waals surface area contributed by atoms with E-state index in [4.69, 9.17) is 9.47 Å². The third-order valence-corrected chi connectivity index (χ3v) is 3.37. The summed E-state index contributed by atoms with van der Waals surface area (Å²) in [5.74, 6) is 0.552. The van der Waals surface area contributed by atoms with Crippen LogP contribution in [-0.2, 0) is 14.9 Å². The Morgan fingerprint density at radius 1 is 1.15 bits per heavy atom. The average molecular weight is 278 g/mol. The molecule has 0 aliphatic heterocycles. The highest BCUT2D eigenvalue weighted by Crippen LogP contribution is 2.28. The highest BCUT2D eigenvalue weighted by atomic mass is 16.5. The lowest BCUT2D eigenvalue weighted by atomic mass is 9.86. The van der Waals surface area contributed by atoms with Gasteiger partial charge in [-0.25, -0.2) is 0 Å². The molecule has 0 radical (unpaired) electrons. The highest BCUT2D eigenvalue weighted by Gasteiger charge is 2.30. The van der Waals surface area contributed by atoms with Crippen LogP contribution in [0.25, 0.3) is 0 Å². The van der Waals surface area contributed by atoms with Crippen molar-refractivity contribution < 1.29 is 14.3 Å². The number of benzene rings is 1. The number of carbonyl (C=O) groups is 1. The second kappa shape index (κ2) is 5.86. The molecule has 1 aromatic carbocycles. The smallest absolute Gasteiger partial charge is 0.314 e. The first-order chi connectivity index (χ1) is 9.08. The summed E-state index contributed by atoms with van der Waals surface area (Å²) in [5.41, 5.74) is 1.83.